The Morgan fingerprint density at radius 3 is 2.56 bits per heavy atom. The van der Waals surface area contributed by atoms with Crippen LogP contribution in [0.5, 0.6) is 0 Å². The van der Waals surface area contributed by atoms with Crippen molar-refractivity contribution in [1.82, 2.24) is 20.9 Å². The first-order valence-electron chi connectivity index (χ1n) is 9.27. The number of H-pyrrole nitrogens is 1. The van der Waals surface area contributed by atoms with Crippen LogP contribution in [0.4, 0.5) is 4.79 Å². The summed E-state index contributed by atoms with van der Waals surface area (Å²) in [4.78, 5) is 19.1. The van der Waals surface area contributed by atoms with Crippen molar-refractivity contribution in [2.45, 2.75) is 39.7 Å². The van der Waals surface area contributed by atoms with Crippen molar-refractivity contribution >= 4 is 23.0 Å². The average Bonchev–Trinajstić information content (AvgIpc) is 3.00. The highest BCUT2D eigenvalue weighted by Gasteiger charge is 2.15. The van der Waals surface area contributed by atoms with Crippen LogP contribution in [0.2, 0.25) is 0 Å². The maximum absolute atomic E-state index is 11.6. The number of amides is 1. The standard InChI is InChI=1S/C20H31N5O2/c1-14-7-6-8-16-17(14)15(13-25-16)9-10-22-18(21-5)23-11-12-24-19(26)27-20(2,3)4/h6-8,13,25H,9-12H2,1-5H3,(H,24,26)(H2,21,22,23). The summed E-state index contributed by atoms with van der Waals surface area (Å²) in [6.45, 7) is 9.43. The van der Waals surface area contributed by atoms with Gasteiger partial charge in [-0.1, -0.05) is 12.1 Å². The lowest BCUT2D eigenvalue weighted by Gasteiger charge is -2.19. The molecule has 0 atom stereocenters. The minimum Gasteiger partial charge on any atom is -0.444 e. The third-order valence-corrected chi connectivity index (χ3v) is 3.99. The van der Waals surface area contributed by atoms with Gasteiger partial charge in [0, 0.05) is 43.8 Å². The number of hydrogen-bond donors (Lipinski definition) is 4. The Labute approximate surface area is 161 Å². The van der Waals surface area contributed by atoms with Crippen molar-refractivity contribution in [3.8, 4) is 0 Å². The Morgan fingerprint density at radius 2 is 1.85 bits per heavy atom. The summed E-state index contributed by atoms with van der Waals surface area (Å²) < 4.78 is 5.20. The number of ether oxygens (including phenoxy) is 1. The maximum atomic E-state index is 11.6. The number of carbonyl (C=O) groups is 1. The number of aromatic nitrogens is 1. The molecule has 148 valence electrons. The van der Waals surface area contributed by atoms with Crippen molar-refractivity contribution < 1.29 is 9.53 Å². The Balaban J connectivity index is 1.72. The van der Waals surface area contributed by atoms with Crippen LogP contribution in [0, 0.1) is 6.92 Å². The van der Waals surface area contributed by atoms with Crippen LogP contribution < -0.4 is 16.0 Å². The minimum atomic E-state index is -0.490. The predicted octanol–water partition coefficient (Wildman–Crippen LogP) is 2.71. The zero-order chi connectivity index (χ0) is 19.9. The number of nitrogens with zero attached hydrogens (tertiary/aromatic N) is 1. The van der Waals surface area contributed by atoms with E-state index >= 15 is 0 Å². The summed E-state index contributed by atoms with van der Waals surface area (Å²) in [6.07, 6.45) is 2.55. The second kappa shape index (κ2) is 9.30. The first-order chi connectivity index (χ1) is 12.8. The highest BCUT2D eigenvalue weighted by atomic mass is 16.6. The average molecular weight is 374 g/mol. The van der Waals surface area contributed by atoms with Gasteiger partial charge in [-0.2, -0.15) is 0 Å². The Bertz CT molecular complexity index is 789. The van der Waals surface area contributed by atoms with E-state index in [9.17, 15) is 4.79 Å². The number of aryl methyl sites for hydroxylation is 1. The molecule has 4 N–H and O–H groups in total. The van der Waals surface area contributed by atoms with E-state index in [0.29, 0.717) is 19.0 Å². The molecule has 0 unspecified atom stereocenters. The molecule has 0 bridgehead atoms. The molecule has 0 aliphatic carbocycles. The number of fused-ring (bicyclic) bond motifs is 1. The van der Waals surface area contributed by atoms with Crippen LogP contribution in [0.1, 0.15) is 31.9 Å². The summed E-state index contributed by atoms with van der Waals surface area (Å²) in [5, 5.41) is 10.5. The third-order valence-electron chi connectivity index (χ3n) is 3.99. The largest absolute Gasteiger partial charge is 0.444 e. The molecule has 0 radical (unpaired) electrons. The van der Waals surface area contributed by atoms with Crippen LogP contribution >= 0.6 is 0 Å². The number of benzene rings is 1. The summed E-state index contributed by atoms with van der Waals surface area (Å²) in [5.74, 6) is 0.706. The number of hydrogen-bond acceptors (Lipinski definition) is 3. The number of aromatic amines is 1. The van der Waals surface area contributed by atoms with Gasteiger partial charge in [0.15, 0.2) is 5.96 Å². The summed E-state index contributed by atoms with van der Waals surface area (Å²) in [7, 11) is 1.73. The van der Waals surface area contributed by atoms with Gasteiger partial charge in [-0.05, 0) is 51.3 Å². The SMILES string of the molecule is CN=C(NCCNC(=O)OC(C)(C)C)NCCc1c[nH]c2cccc(C)c12. The van der Waals surface area contributed by atoms with Gasteiger partial charge in [0.1, 0.15) is 5.60 Å². The molecule has 1 aromatic heterocycles. The first-order valence-corrected chi connectivity index (χ1v) is 9.27. The van der Waals surface area contributed by atoms with Crippen molar-refractivity contribution in [2.75, 3.05) is 26.7 Å². The van der Waals surface area contributed by atoms with Crippen molar-refractivity contribution in [3.05, 3.63) is 35.5 Å². The zero-order valence-electron chi connectivity index (χ0n) is 16.9. The number of carbonyl (C=O) groups excluding carboxylic acids is 1. The molecule has 0 spiro atoms. The van der Waals surface area contributed by atoms with E-state index in [1.807, 2.05) is 20.8 Å². The quantitative estimate of drug-likeness (QED) is 0.356. The number of rotatable bonds is 6. The normalized spacial score (nSPS) is 12.1. The maximum Gasteiger partial charge on any atom is 0.407 e. The molecule has 7 heteroatoms. The minimum absolute atomic E-state index is 0.415. The molecule has 7 nitrogen and oxygen atoms in total. The van der Waals surface area contributed by atoms with E-state index in [4.69, 9.17) is 4.74 Å². The fourth-order valence-electron chi connectivity index (χ4n) is 2.84. The lowest BCUT2D eigenvalue weighted by molar-refractivity contribution is 0.0529. The smallest absolute Gasteiger partial charge is 0.407 e. The van der Waals surface area contributed by atoms with Gasteiger partial charge in [0.05, 0.1) is 0 Å². The van der Waals surface area contributed by atoms with Crippen molar-refractivity contribution in [1.29, 1.82) is 0 Å². The van der Waals surface area contributed by atoms with E-state index in [1.165, 1.54) is 22.0 Å². The molecule has 27 heavy (non-hydrogen) atoms. The molecule has 0 fully saturated rings. The van der Waals surface area contributed by atoms with Crippen LogP contribution in [-0.2, 0) is 11.2 Å². The number of guanidine groups is 1. The zero-order valence-corrected chi connectivity index (χ0v) is 16.9. The second-order valence-corrected chi connectivity index (χ2v) is 7.42. The molecule has 2 rings (SSSR count). The topological polar surface area (TPSA) is 90.5 Å². The predicted molar refractivity (Wildman–Crippen MR) is 110 cm³/mol. The third kappa shape index (κ3) is 6.51. The number of alkyl carbamates (subject to hydrolysis) is 1. The van der Waals surface area contributed by atoms with Crippen LogP contribution in [0.3, 0.4) is 0 Å². The van der Waals surface area contributed by atoms with E-state index in [0.717, 1.165) is 13.0 Å². The first kappa shape index (κ1) is 20.6. The molecule has 1 amide bonds. The van der Waals surface area contributed by atoms with Gasteiger partial charge in [0.2, 0.25) is 0 Å². The fraction of sp³-hybridized carbons (Fsp3) is 0.500. The van der Waals surface area contributed by atoms with Gasteiger partial charge in [-0.3, -0.25) is 4.99 Å². The van der Waals surface area contributed by atoms with E-state index < -0.39 is 11.7 Å². The molecule has 1 aromatic carbocycles. The molecule has 0 aliphatic heterocycles. The highest BCUT2D eigenvalue weighted by Crippen LogP contribution is 2.22. The summed E-state index contributed by atoms with van der Waals surface area (Å²) >= 11 is 0. The van der Waals surface area contributed by atoms with Gasteiger partial charge in [-0.25, -0.2) is 4.79 Å². The van der Waals surface area contributed by atoms with Crippen molar-refractivity contribution in [3.63, 3.8) is 0 Å². The fourth-order valence-corrected chi connectivity index (χ4v) is 2.84. The molecule has 0 saturated heterocycles. The molecular formula is C20H31N5O2. The van der Waals surface area contributed by atoms with Gasteiger partial charge >= 0.3 is 6.09 Å². The Kier molecular flexibility index (Phi) is 7.10. The number of aliphatic imine (C=N–C) groups is 1. The van der Waals surface area contributed by atoms with E-state index in [2.05, 4.69) is 57.2 Å². The summed E-state index contributed by atoms with van der Waals surface area (Å²) in [5.41, 5.74) is 3.24. The van der Waals surface area contributed by atoms with Gasteiger partial charge < -0.3 is 25.7 Å². The van der Waals surface area contributed by atoms with Gasteiger partial charge in [-0.15, -0.1) is 0 Å². The molecule has 1 heterocycles. The molecule has 0 saturated carbocycles. The molecule has 0 aliphatic rings. The van der Waals surface area contributed by atoms with Crippen molar-refractivity contribution in [2.24, 2.45) is 4.99 Å². The summed E-state index contributed by atoms with van der Waals surface area (Å²) in [6, 6.07) is 6.29. The van der Waals surface area contributed by atoms with Gasteiger partial charge in [0.25, 0.3) is 0 Å². The Hall–Kier alpha value is -2.70. The van der Waals surface area contributed by atoms with E-state index in [-0.39, 0.29) is 0 Å². The second-order valence-electron chi connectivity index (χ2n) is 7.42. The van der Waals surface area contributed by atoms with Crippen LogP contribution in [0.25, 0.3) is 10.9 Å². The van der Waals surface area contributed by atoms with Crippen LogP contribution in [-0.4, -0.2) is 49.3 Å². The lowest BCUT2D eigenvalue weighted by Crippen LogP contribution is -2.42. The highest BCUT2D eigenvalue weighted by molar-refractivity contribution is 5.86. The Morgan fingerprint density at radius 1 is 1.15 bits per heavy atom. The molecular weight excluding hydrogens is 342 g/mol. The number of nitrogens with one attached hydrogen (secondary N) is 4. The molecule has 2 aromatic rings. The lowest BCUT2D eigenvalue weighted by atomic mass is 10.1. The monoisotopic (exact) mass is 373 g/mol. The van der Waals surface area contributed by atoms with E-state index in [1.54, 1.807) is 7.05 Å². The van der Waals surface area contributed by atoms with Crippen LogP contribution in [0.15, 0.2) is 29.4 Å².